The first-order chi connectivity index (χ1) is 8.38. The molecule has 0 aromatic carbocycles. The van der Waals surface area contributed by atoms with Gasteiger partial charge in [0.25, 0.3) is 0 Å². The SMILES string of the molecule is CC(C)(O)CNC(=O)CCC(=O)c1cccnc1. The molecular formula is C13H18N2O3. The summed E-state index contributed by atoms with van der Waals surface area (Å²) in [5.74, 6) is -0.351. The Balaban J connectivity index is 2.33. The zero-order valence-electron chi connectivity index (χ0n) is 10.6. The van der Waals surface area contributed by atoms with Gasteiger partial charge in [-0.2, -0.15) is 0 Å². The van der Waals surface area contributed by atoms with E-state index in [0.717, 1.165) is 0 Å². The van der Waals surface area contributed by atoms with E-state index in [1.165, 1.54) is 6.20 Å². The molecule has 0 saturated heterocycles. The number of nitrogens with zero attached hydrogens (tertiary/aromatic N) is 1. The molecule has 0 aliphatic rings. The lowest BCUT2D eigenvalue weighted by Crippen LogP contribution is -2.38. The second-order valence-corrected chi connectivity index (χ2v) is 4.75. The number of aromatic nitrogens is 1. The maximum atomic E-state index is 11.7. The fourth-order valence-electron chi connectivity index (χ4n) is 1.30. The van der Waals surface area contributed by atoms with Gasteiger partial charge in [0.05, 0.1) is 5.60 Å². The van der Waals surface area contributed by atoms with Gasteiger partial charge < -0.3 is 10.4 Å². The second kappa shape index (κ2) is 6.26. The van der Waals surface area contributed by atoms with Crippen molar-refractivity contribution in [3.63, 3.8) is 0 Å². The van der Waals surface area contributed by atoms with E-state index in [9.17, 15) is 14.7 Å². The molecule has 5 nitrogen and oxygen atoms in total. The van der Waals surface area contributed by atoms with Crippen LogP contribution in [0.25, 0.3) is 0 Å². The summed E-state index contributed by atoms with van der Waals surface area (Å²) in [7, 11) is 0. The maximum Gasteiger partial charge on any atom is 0.220 e. The molecule has 98 valence electrons. The highest BCUT2D eigenvalue weighted by molar-refractivity contribution is 5.97. The Morgan fingerprint density at radius 3 is 2.67 bits per heavy atom. The minimum absolute atomic E-state index is 0.110. The smallest absolute Gasteiger partial charge is 0.220 e. The van der Waals surface area contributed by atoms with E-state index in [2.05, 4.69) is 10.3 Å². The van der Waals surface area contributed by atoms with Gasteiger partial charge >= 0.3 is 0 Å². The standard InChI is InChI=1S/C13H18N2O3/c1-13(2,18)9-15-12(17)6-5-11(16)10-4-3-7-14-8-10/h3-4,7-8,18H,5-6,9H2,1-2H3,(H,15,17). The predicted octanol–water partition coefficient (Wildman–Crippen LogP) is 0.932. The fraction of sp³-hybridized carbons (Fsp3) is 0.462. The van der Waals surface area contributed by atoms with Crippen LogP contribution in [-0.4, -0.2) is 33.9 Å². The summed E-state index contributed by atoms with van der Waals surface area (Å²) in [6.07, 6.45) is 3.33. The van der Waals surface area contributed by atoms with E-state index >= 15 is 0 Å². The van der Waals surface area contributed by atoms with Crippen LogP contribution in [0.1, 0.15) is 37.0 Å². The monoisotopic (exact) mass is 250 g/mol. The van der Waals surface area contributed by atoms with E-state index < -0.39 is 5.60 Å². The van der Waals surface area contributed by atoms with Crippen molar-refractivity contribution in [2.24, 2.45) is 0 Å². The third-order valence-electron chi connectivity index (χ3n) is 2.28. The van der Waals surface area contributed by atoms with Crippen molar-refractivity contribution in [3.05, 3.63) is 30.1 Å². The number of rotatable bonds is 6. The van der Waals surface area contributed by atoms with Gasteiger partial charge in [-0.3, -0.25) is 14.6 Å². The van der Waals surface area contributed by atoms with Crippen molar-refractivity contribution in [1.82, 2.24) is 10.3 Å². The summed E-state index contributed by atoms with van der Waals surface area (Å²) >= 11 is 0. The van der Waals surface area contributed by atoms with Crippen LogP contribution in [0.2, 0.25) is 0 Å². The molecule has 2 N–H and O–H groups in total. The van der Waals surface area contributed by atoms with Crippen molar-refractivity contribution in [2.45, 2.75) is 32.3 Å². The molecular weight excluding hydrogens is 232 g/mol. The Hall–Kier alpha value is -1.75. The van der Waals surface area contributed by atoms with Crippen molar-refractivity contribution in [3.8, 4) is 0 Å². The molecule has 18 heavy (non-hydrogen) atoms. The first kappa shape index (κ1) is 14.3. The van der Waals surface area contributed by atoms with Crippen molar-refractivity contribution >= 4 is 11.7 Å². The highest BCUT2D eigenvalue weighted by atomic mass is 16.3. The van der Waals surface area contributed by atoms with Gasteiger partial charge in [-0.05, 0) is 26.0 Å². The number of carbonyl (C=O) groups is 2. The largest absolute Gasteiger partial charge is 0.389 e. The molecule has 0 spiro atoms. The topological polar surface area (TPSA) is 79.3 Å². The van der Waals surface area contributed by atoms with Gasteiger partial charge in [0.15, 0.2) is 5.78 Å². The third kappa shape index (κ3) is 5.54. The van der Waals surface area contributed by atoms with Crippen molar-refractivity contribution < 1.29 is 14.7 Å². The Morgan fingerprint density at radius 2 is 2.11 bits per heavy atom. The molecule has 0 aliphatic heterocycles. The van der Waals surface area contributed by atoms with E-state index in [0.29, 0.717) is 5.56 Å². The van der Waals surface area contributed by atoms with Crippen LogP contribution < -0.4 is 5.32 Å². The van der Waals surface area contributed by atoms with E-state index in [-0.39, 0.29) is 31.1 Å². The number of carbonyl (C=O) groups excluding carboxylic acids is 2. The lowest BCUT2D eigenvalue weighted by Gasteiger charge is -2.17. The molecule has 1 rings (SSSR count). The number of amides is 1. The van der Waals surface area contributed by atoms with E-state index in [4.69, 9.17) is 0 Å². The lowest BCUT2D eigenvalue weighted by atomic mass is 10.1. The van der Waals surface area contributed by atoms with Gasteiger partial charge in [0.2, 0.25) is 5.91 Å². The van der Waals surface area contributed by atoms with Gasteiger partial charge in [0.1, 0.15) is 0 Å². The van der Waals surface area contributed by atoms with Gasteiger partial charge in [-0.1, -0.05) is 0 Å². The maximum absolute atomic E-state index is 11.7. The minimum Gasteiger partial charge on any atom is -0.389 e. The first-order valence-corrected chi connectivity index (χ1v) is 5.81. The Bertz CT molecular complexity index is 410. The summed E-state index contributed by atoms with van der Waals surface area (Å²) in [5, 5.41) is 12.0. The molecule has 0 aliphatic carbocycles. The predicted molar refractivity (Wildman–Crippen MR) is 67.1 cm³/mol. The first-order valence-electron chi connectivity index (χ1n) is 5.81. The van der Waals surface area contributed by atoms with E-state index in [1.807, 2.05) is 0 Å². The van der Waals surface area contributed by atoms with Crippen LogP contribution in [0.3, 0.4) is 0 Å². The molecule has 0 atom stereocenters. The van der Waals surface area contributed by atoms with E-state index in [1.54, 1.807) is 32.2 Å². The zero-order chi connectivity index (χ0) is 13.6. The van der Waals surface area contributed by atoms with Crippen LogP contribution in [0, 0.1) is 0 Å². The van der Waals surface area contributed by atoms with Crippen LogP contribution in [0.5, 0.6) is 0 Å². The highest BCUT2D eigenvalue weighted by Crippen LogP contribution is 2.04. The quantitative estimate of drug-likeness (QED) is 0.736. The summed E-state index contributed by atoms with van der Waals surface area (Å²) in [5.41, 5.74) is -0.434. The molecule has 0 radical (unpaired) electrons. The number of hydrogen-bond donors (Lipinski definition) is 2. The Morgan fingerprint density at radius 1 is 1.39 bits per heavy atom. The number of Topliss-reactive ketones (excluding diaryl/α,β-unsaturated/α-hetero) is 1. The fourth-order valence-corrected chi connectivity index (χ4v) is 1.30. The van der Waals surface area contributed by atoms with Crippen LogP contribution in [0.15, 0.2) is 24.5 Å². The molecule has 0 bridgehead atoms. The van der Waals surface area contributed by atoms with Gasteiger partial charge in [-0.15, -0.1) is 0 Å². The molecule has 0 fully saturated rings. The highest BCUT2D eigenvalue weighted by Gasteiger charge is 2.14. The van der Waals surface area contributed by atoms with Gasteiger partial charge in [0, 0.05) is 37.3 Å². The number of aliphatic hydroxyl groups is 1. The number of nitrogens with one attached hydrogen (secondary N) is 1. The van der Waals surface area contributed by atoms with Crippen LogP contribution in [-0.2, 0) is 4.79 Å². The Labute approximate surface area is 106 Å². The summed E-state index contributed by atoms with van der Waals surface area (Å²) < 4.78 is 0. The lowest BCUT2D eigenvalue weighted by molar-refractivity contribution is -0.122. The molecule has 5 heteroatoms. The van der Waals surface area contributed by atoms with Crippen molar-refractivity contribution in [1.29, 1.82) is 0 Å². The molecule has 0 unspecified atom stereocenters. The number of pyridine rings is 1. The summed E-state index contributed by atoms with van der Waals surface area (Å²) in [4.78, 5) is 27.0. The second-order valence-electron chi connectivity index (χ2n) is 4.75. The van der Waals surface area contributed by atoms with Crippen LogP contribution >= 0.6 is 0 Å². The minimum atomic E-state index is -0.941. The Kier molecular flexibility index (Phi) is 4.97. The third-order valence-corrected chi connectivity index (χ3v) is 2.28. The van der Waals surface area contributed by atoms with Crippen LogP contribution in [0.4, 0.5) is 0 Å². The summed E-state index contributed by atoms with van der Waals surface area (Å²) in [6, 6.07) is 3.35. The molecule has 1 aromatic heterocycles. The average molecular weight is 250 g/mol. The summed E-state index contributed by atoms with van der Waals surface area (Å²) in [6.45, 7) is 3.38. The number of ketones is 1. The average Bonchev–Trinajstić information content (AvgIpc) is 2.33. The molecule has 1 heterocycles. The van der Waals surface area contributed by atoms with Crippen molar-refractivity contribution in [2.75, 3.05) is 6.54 Å². The zero-order valence-corrected chi connectivity index (χ0v) is 10.6. The molecule has 0 saturated carbocycles. The normalized spacial score (nSPS) is 11.1. The molecule has 1 aromatic rings. The number of hydrogen-bond acceptors (Lipinski definition) is 4. The van der Waals surface area contributed by atoms with Gasteiger partial charge in [-0.25, -0.2) is 0 Å². The molecule has 1 amide bonds.